The van der Waals surface area contributed by atoms with Crippen LogP contribution in [0.3, 0.4) is 0 Å². The topological polar surface area (TPSA) is 156 Å². The molecule has 0 spiro atoms. The maximum absolute atomic E-state index is 11.4. The highest BCUT2D eigenvalue weighted by Gasteiger charge is 2.25. The first-order chi connectivity index (χ1) is 21.3. The minimum absolute atomic E-state index is 0.124. The molecule has 0 aliphatic carbocycles. The number of aryl methyl sites for hydroxylation is 1. The lowest BCUT2D eigenvalue weighted by atomic mass is 10.0. The van der Waals surface area contributed by atoms with Gasteiger partial charge in [-0.3, -0.25) is 5.04 Å². The zero-order valence-corrected chi connectivity index (χ0v) is 25.5. The van der Waals surface area contributed by atoms with Crippen LogP contribution in [0.25, 0.3) is 44.9 Å². The molecule has 3 aromatic carbocycles. The minimum atomic E-state index is -4.39. The third-order valence-corrected chi connectivity index (χ3v) is 8.25. The minimum Gasteiger partial charge on any atom is -0.748 e. The van der Waals surface area contributed by atoms with E-state index in [-0.39, 0.29) is 18.9 Å². The second kappa shape index (κ2) is 13.6. The number of nitrogens with zero attached hydrogens (tertiary/aromatic N) is 2. The Morgan fingerprint density at radius 3 is 2.39 bits per heavy atom. The highest BCUT2D eigenvalue weighted by atomic mass is 32.2. The molecule has 12 nitrogen and oxygen atoms in total. The molecule has 0 N–H and O–H groups in total. The Bertz CT molecular complexity index is 1880. The Morgan fingerprint density at radius 2 is 1.70 bits per heavy atom. The van der Waals surface area contributed by atoms with E-state index in [1.165, 1.54) is 14.2 Å². The Morgan fingerprint density at radius 1 is 0.932 bits per heavy atom. The number of rotatable bonds is 13. The van der Waals surface area contributed by atoms with Crippen LogP contribution in [0.1, 0.15) is 6.42 Å². The Labute approximate surface area is 257 Å². The van der Waals surface area contributed by atoms with Crippen molar-refractivity contribution in [2.75, 3.05) is 27.1 Å². The number of oxazole rings is 1. The molecule has 0 atom stereocenters. The highest BCUT2D eigenvalue weighted by molar-refractivity contribution is 7.94. The fourth-order valence-electron chi connectivity index (χ4n) is 4.88. The van der Waals surface area contributed by atoms with Gasteiger partial charge < -0.3 is 28.4 Å². The summed E-state index contributed by atoms with van der Waals surface area (Å²) in [4.78, 5) is 5.03. The van der Waals surface area contributed by atoms with Crippen molar-refractivity contribution in [1.29, 1.82) is 0 Å². The van der Waals surface area contributed by atoms with E-state index in [9.17, 15) is 18.2 Å². The SMILES string of the molecule is COc1ccc2c(c1)c(-c1ncc(-c3cc(SOO[O-])c(OC)cc3OC)o1)cc(-c1ccccc1)[n+]2CCCS(=O)(=O)[O-]. The summed E-state index contributed by atoms with van der Waals surface area (Å²) in [6.45, 7) is 0.268. The van der Waals surface area contributed by atoms with Gasteiger partial charge in [0.2, 0.25) is 17.1 Å². The third kappa shape index (κ3) is 6.80. The smallest absolute Gasteiger partial charge is 0.227 e. The molecule has 5 rings (SSSR count). The van der Waals surface area contributed by atoms with Crippen molar-refractivity contribution >= 4 is 33.1 Å². The number of hydrogen-bond donors (Lipinski definition) is 0. The van der Waals surface area contributed by atoms with Crippen LogP contribution in [0.2, 0.25) is 0 Å². The summed E-state index contributed by atoms with van der Waals surface area (Å²) in [5, 5.41) is 14.7. The maximum Gasteiger partial charge on any atom is 0.227 e. The molecule has 5 aromatic rings. The summed E-state index contributed by atoms with van der Waals surface area (Å²) >= 11 is 0.667. The van der Waals surface area contributed by atoms with Gasteiger partial charge in [-0.2, -0.15) is 8.90 Å². The van der Waals surface area contributed by atoms with Crippen LogP contribution < -0.4 is 24.0 Å². The molecule has 2 heterocycles. The van der Waals surface area contributed by atoms with Crippen molar-refractivity contribution in [3.63, 3.8) is 0 Å². The molecule has 0 saturated heterocycles. The zero-order valence-electron chi connectivity index (χ0n) is 23.8. The molecule has 44 heavy (non-hydrogen) atoms. The van der Waals surface area contributed by atoms with E-state index < -0.39 is 15.9 Å². The Balaban J connectivity index is 1.69. The molecule has 0 amide bonds. The summed E-state index contributed by atoms with van der Waals surface area (Å²) in [5.74, 6) is 1.55. The first-order valence-corrected chi connectivity index (χ1v) is 15.5. The van der Waals surface area contributed by atoms with Crippen LogP contribution in [0.15, 0.2) is 82.2 Å². The van der Waals surface area contributed by atoms with E-state index in [1.807, 2.05) is 53.1 Å². The molecule has 230 valence electrons. The van der Waals surface area contributed by atoms with Crippen LogP contribution in [0.4, 0.5) is 0 Å². The van der Waals surface area contributed by atoms with Crippen LogP contribution in [0.5, 0.6) is 17.2 Å². The number of ether oxygens (including phenoxy) is 3. The first-order valence-electron chi connectivity index (χ1n) is 13.2. The van der Waals surface area contributed by atoms with Gasteiger partial charge in [0.25, 0.3) is 0 Å². The molecule has 0 saturated carbocycles. The molecule has 0 aliphatic rings. The monoisotopic (exact) mass is 639 g/mol. The van der Waals surface area contributed by atoms with Crippen molar-refractivity contribution < 1.29 is 50.8 Å². The van der Waals surface area contributed by atoms with Crippen molar-refractivity contribution in [2.24, 2.45) is 0 Å². The second-order valence-electron chi connectivity index (χ2n) is 9.41. The van der Waals surface area contributed by atoms with E-state index >= 15 is 0 Å². The second-order valence-corrected chi connectivity index (χ2v) is 11.7. The molecular formula is C30H27N2O10S2-. The van der Waals surface area contributed by atoms with Crippen molar-refractivity contribution in [3.8, 4) is 51.3 Å². The zero-order chi connectivity index (χ0) is 31.3. The fourth-order valence-corrected chi connectivity index (χ4v) is 5.86. The molecular weight excluding hydrogens is 612 g/mol. The Hall–Kier alpha value is -4.18. The number of benzene rings is 3. The summed E-state index contributed by atoms with van der Waals surface area (Å²) in [7, 11) is 0.137. The van der Waals surface area contributed by atoms with Gasteiger partial charge >= 0.3 is 0 Å². The molecule has 14 heteroatoms. The first kappa shape index (κ1) is 31.3. The quantitative estimate of drug-likeness (QED) is 0.0592. The normalized spacial score (nSPS) is 11.6. The standard InChI is InChI=1S/C30H28N2O10S2/c1-37-20-10-11-24-21(14-20)22(15-25(19-8-5-4-6-9-19)32(24)12-7-13-44(34,35)36)30-31-18-28(40-30)23-16-29(43-42-41-33)27(39-3)17-26(23)38-2/h4-6,8-11,14-18H,7,12-13H2,1-3H3,(H-,33,34,35,36)/p-1. The lowest BCUT2D eigenvalue weighted by Crippen LogP contribution is -2.38. The summed E-state index contributed by atoms with van der Waals surface area (Å²) in [6.07, 6.45) is 1.67. The van der Waals surface area contributed by atoms with Crippen LogP contribution in [-0.4, -0.2) is 45.0 Å². The van der Waals surface area contributed by atoms with E-state index in [2.05, 4.69) is 14.4 Å². The average molecular weight is 640 g/mol. The number of methoxy groups -OCH3 is 3. The van der Waals surface area contributed by atoms with Gasteiger partial charge in [-0.05, 0) is 30.3 Å². The van der Waals surface area contributed by atoms with Gasteiger partial charge in [0.15, 0.2) is 12.3 Å². The Kier molecular flexibility index (Phi) is 9.68. The summed E-state index contributed by atoms with van der Waals surface area (Å²) in [6, 6.07) is 20.3. The molecule has 2 aromatic heterocycles. The predicted octanol–water partition coefficient (Wildman–Crippen LogP) is 4.31. The van der Waals surface area contributed by atoms with Crippen molar-refractivity contribution in [1.82, 2.24) is 4.98 Å². The van der Waals surface area contributed by atoms with Gasteiger partial charge in [0, 0.05) is 35.9 Å². The highest BCUT2D eigenvalue weighted by Crippen LogP contribution is 2.42. The number of aromatic nitrogens is 2. The van der Waals surface area contributed by atoms with E-state index in [4.69, 9.17) is 18.6 Å². The van der Waals surface area contributed by atoms with Crippen LogP contribution in [0, 0.1) is 0 Å². The number of fused-ring (bicyclic) bond motifs is 1. The lowest BCUT2D eigenvalue weighted by Gasteiger charge is -2.13. The third-order valence-electron chi connectivity index (χ3n) is 6.84. The predicted molar refractivity (Wildman–Crippen MR) is 157 cm³/mol. The summed E-state index contributed by atoms with van der Waals surface area (Å²) in [5.41, 5.74) is 3.53. The number of hydrogen-bond acceptors (Lipinski definition) is 12. The largest absolute Gasteiger partial charge is 0.748 e. The fraction of sp³-hybridized carbons (Fsp3) is 0.200. The molecule has 0 fully saturated rings. The van der Waals surface area contributed by atoms with Gasteiger partial charge in [-0.25, -0.2) is 13.4 Å². The maximum atomic E-state index is 11.4. The van der Waals surface area contributed by atoms with Crippen molar-refractivity contribution in [3.05, 3.63) is 72.9 Å². The molecule has 0 bridgehead atoms. The summed E-state index contributed by atoms with van der Waals surface area (Å²) < 4.78 is 63.4. The van der Waals surface area contributed by atoms with E-state index in [0.29, 0.717) is 51.1 Å². The van der Waals surface area contributed by atoms with Gasteiger partial charge in [-0.15, -0.1) is 0 Å². The molecule has 0 unspecified atom stereocenters. The lowest BCUT2D eigenvalue weighted by molar-refractivity contribution is -0.777. The van der Waals surface area contributed by atoms with E-state index in [1.54, 1.807) is 31.5 Å². The van der Waals surface area contributed by atoms with Crippen molar-refractivity contribution in [2.45, 2.75) is 17.9 Å². The molecule has 0 radical (unpaired) electrons. The van der Waals surface area contributed by atoms with Gasteiger partial charge in [0.05, 0.1) is 71.1 Å². The molecule has 0 aliphatic heterocycles. The van der Waals surface area contributed by atoms with E-state index in [0.717, 1.165) is 22.2 Å². The van der Waals surface area contributed by atoms with Gasteiger partial charge in [0.1, 0.15) is 17.2 Å². The average Bonchev–Trinajstić information content (AvgIpc) is 3.52. The van der Waals surface area contributed by atoms with Crippen LogP contribution >= 0.6 is 12.0 Å². The van der Waals surface area contributed by atoms with Crippen LogP contribution in [-0.2, 0) is 26.0 Å². The van der Waals surface area contributed by atoms with Gasteiger partial charge in [-0.1, -0.05) is 18.2 Å². The number of pyridine rings is 1.